The highest BCUT2D eigenvalue weighted by atomic mass is 16.5. The van der Waals surface area contributed by atoms with Crippen LogP contribution in [0.4, 0.5) is 0 Å². The van der Waals surface area contributed by atoms with E-state index in [4.69, 9.17) is 4.74 Å². The molecule has 0 aromatic carbocycles. The first-order valence-electron chi connectivity index (χ1n) is 9.05. The Morgan fingerprint density at radius 1 is 1.27 bits per heavy atom. The van der Waals surface area contributed by atoms with Gasteiger partial charge in [-0.1, -0.05) is 6.92 Å². The van der Waals surface area contributed by atoms with E-state index in [1.54, 1.807) is 6.92 Å². The van der Waals surface area contributed by atoms with Gasteiger partial charge in [-0.3, -0.25) is 19.2 Å². The summed E-state index contributed by atoms with van der Waals surface area (Å²) >= 11 is 0. The SMILES string of the molecule is CC(=O)OCC(=O)[C@@]1(O)CC[C@H]2[C@H]3CCC(=O)[C@H](C=O)[C@@H]3C(=O)C[C@@]21C. The highest BCUT2D eigenvalue weighted by Crippen LogP contribution is 2.62. The van der Waals surface area contributed by atoms with Crippen LogP contribution in [-0.4, -0.2) is 46.9 Å². The van der Waals surface area contributed by atoms with E-state index in [1.807, 2.05) is 0 Å². The Hall–Kier alpha value is -1.89. The van der Waals surface area contributed by atoms with Crippen LogP contribution in [-0.2, 0) is 28.7 Å². The molecule has 142 valence electrons. The minimum atomic E-state index is -1.74. The van der Waals surface area contributed by atoms with Crippen LogP contribution in [0.1, 0.15) is 46.0 Å². The number of fused-ring (bicyclic) bond motifs is 3. The fourth-order valence-electron chi connectivity index (χ4n) is 5.64. The predicted molar refractivity (Wildman–Crippen MR) is 87.8 cm³/mol. The second kappa shape index (κ2) is 6.37. The molecule has 0 aromatic rings. The Bertz CT molecular complexity index is 683. The molecular weight excluding hydrogens is 340 g/mol. The van der Waals surface area contributed by atoms with Gasteiger partial charge in [-0.25, -0.2) is 0 Å². The number of ketones is 3. The molecule has 0 aliphatic heterocycles. The van der Waals surface area contributed by atoms with Crippen molar-refractivity contribution in [1.82, 2.24) is 0 Å². The Morgan fingerprint density at radius 3 is 2.58 bits per heavy atom. The smallest absolute Gasteiger partial charge is 0.303 e. The average molecular weight is 364 g/mol. The first kappa shape index (κ1) is 18.9. The van der Waals surface area contributed by atoms with Gasteiger partial charge >= 0.3 is 5.97 Å². The van der Waals surface area contributed by atoms with Crippen molar-refractivity contribution in [2.24, 2.45) is 29.1 Å². The highest BCUT2D eigenvalue weighted by molar-refractivity contribution is 6.01. The third-order valence-corrected chi connectivity index (χ3v) is 6.97. The van der Waals surface area contributed by atoms with Gasteiger partial charge in [-0.2, -0.15) is 0 Å². The molecule has 26 heavy (non-hydrogen) atoms. The number of Topliss-reactive ketones (excluding diaryl/α,β-unsaturated/α-hetero) is 3. The van der Waals surface area contributed by atoms with Crippen molar-refractivity contribution in [1.29, 1.82) is 0 Å². The van der Waals surface area contributed by atoms with E-state index in [1.165, 1.54) is 6.92 Å². The van der Waals surface area contributed by atoms with E-state index in [-0.39, 0.29) is 42.7 Å². The van der Waals surface area contributed by atoms with E-state index < -0.39 is 41.2 Å². The molecule has 3 aliphatic rings. The lowest BCUT2D eigenvalue weighted by Crippen LogP contribution is -2.60. The zero-order valence-electron chi connectivity index (χ0n) is 15.0. The van der Waals surface area contributed by atoms with Crippen LogP contribution in [0.25, 0.3) is 0 Å². The molecule has 0 unspecified atom stereocenters. The van der Waals surface area contributed by atoms with Gasteiger partial charge < -0.3 is 14.6 Å². The fraction of sp³-hybridized carbons (Fsp3) is 0.737. The Kier molecular flexibility index (Phi) is 4.63. The van der Waals surface area contributed by atoms with Crippen LogP contribution < -0.4 is 0 Å². The van der Waals surface area contributed by atoms with Gasteiger partial charge in [-0.15, -0.1) is 0 Å². The average Bonchev–Trinajstić information content (AvgIpc) is 2.85. The predicted octanol–water partition coefficient (Wildman–Crippen LogP) is 0.649. The lowest BCUT2D eigenvalue weighted by Gasteiger charge is -2.52. The molecule has 0 saturated heterocycles. The minimum Gasteiger partial charge on any atom is -0.458 e. The van der Waals surface area contributed by atoms with Crippen LogP contribution in [0.15, 0.2) is 0 Å². The Balaban J connectivity index is 1.92. The maximum absolute atomic E-state index is 12.8. The number of esters is 1. The molecule has 7 nitrogen and oxygen atoms in total. The maximum atomic E-state index is 12.8. The van der Waals surface area contributed by atoms with Gasteiger partial charge in [0.05, 0.1) is 5.92 Å². The number of hydrogen-bond acceptors (Lipinski definition) is 7. The summed E-state index contributed by atoms with van der Waals surface area (Å²) in [7, 11) is 0. The molecule has 7 heteroatoms. The Labute approximate surface area is 151 Å². The lowest BCUT2D eigenvalue weighted by atomic mass is 9.51. The summed E-state index contributed by atoms with van der Waals surface area (Å²) < 4.78 is 4.76. The van der Waals surface area contributed by atoms with Gasteiger partial charge in [0.25, 0.3) is 0 Å². The number of ether oxygens (including phenoxy) is 1. The molecule has 0 radical (unpaired) electrons. The van der Waals surface area contributed by atoms with Gasteiger partial charge in [0.15, 0.2) is 6.61 Å². The van der Waals surface area contributed by atoms with Crippen molar-refractivity contribution in [3.63, 3.8) is 0 Å². The van der Waals surface area contributed by atoms with Crippen molar-refractivity contribution in [2.75, 3.05) is 6.61 Å². The van der Waals surface area contributed by atoms with Crippen LogP contribution in [0.2, 0.25) is 0 Å². The molecule has 3 fully saturated rings. The van der Waals surface area contributed by atoms with Crippen molar-refractivity contribution < 1.29 is 33.8 Å². The summed E-state index contributed by atoms with van der Waals surface area (Å²) in [5.41, 5.74) is -2.72. The topological polar surface area (TPSA) is 115 Å². The van der Waals surface area contributed by atoms with Crippen molar-refractivity contribution >= 4 is 29.6 Å². The van der Waals surface area contributed by atoms with E-state index in [9.17, 15) is 29.1 Å². The molecule has 1 N–H and O–H groups in total. The standard InChI is InChI=1S/C19H24O7/c1-10(21)26-9-16(24)19(25)6-5-13-11-3-4-14(22)12(8-20)17(11)15(23)7-18(13,19)2/h8,11-13,17,25H,3-7,9H2,1-2H3/t11-,12+,13+,17-,18+,19+/m1/s1. The van der Waals surface area contributed by atoms with E-state index in [0.29, 0.717) is 19.1 Å². The summed E-state index contributed by atoms with van der Waals surface area (Å²) in [5, 5.41) is 11.2. The van der Waals surface area contributed by atoms with E-state index in [2.05, 4.69) is 0 Å². The van der Waals surface area contributed by atoms with Crippen LogP contribution >= 0.6 is 0 Å². The van der Waals surface area contributed by atoms with Crippen molar-refractivity contribution in [3.05, 3.63) is 0 Å². The number of hydrogen-bond donors (Lipinski definition) is 1. The molecule has 0 aromatic heterocycles. The molecular formula is C19H24O7. The van der Waals surface area contributed by atoms with E-state index in [0.717, 1.165) is 0 Å². The quantitative estimate of drug-likeness (QED) is 0.442. The Morgan fingerprint density at radius 2 is 1.96 bits per heavy atom. The van der Waals surface area contributed by atoms with Crippen LogP contribution in [0, 0.1) is 29.1 Å². The van der Waals surface area contributed by atoms with Gasteiger partial charge in [0.2, 0.25) is 5.78 Å². The monoisotopic (exact) mass is 364 g/mol. The number of carbonyl (C=O) groups is 5. The second-order valence-corrected chi connectivity index (χ2v) is 8.13. The van der Waals surface area contributed by atoms with Crippen molar-refractivity contribution in [3.8, 4) is 0 Å². The molecule has 0 bridgehead atoms. The summed E-state index contributed by atoms with van der Waals surface area (Å²) in [6.07, 6.45) is 1.97. The first-order chi connectivity index (χ1) is 12.2. The molecule has 3 rings (SSSR count). The summed E-state index contributed by atoms with van der Waals surface area (Å²) in [6.45, 7) is 2.40. The molecule has 3 aliphatic carbocycles. The molecule has 0 spiro atoms. The third kappa shape index (κ3) is 2.55. The zero-order chi connectivity index (χ0) is 19.3. The minimum absolute atomic E-state index is 0.0568. The lowest BCUT2D eigenvalue weighted by molar-refractivity contribution is -0.173. The number of rotatable bonds is 4. The summed E-state index contributed by atoms with van der Waals surface area (Å²) in [4.78, 5) is 59.9. The summed E-state index contributed by atoms with van der Waals surface area (Å²) in [6, 6.07) is 0. The highest BCUT2D eigenvalue weighted by Gasteiger charge is 2.67. The summed E-state index contributed by atoms with van der Waals surface area (Å²) in [5.74, 6) is -3.51. The maximum Gasteiger partial charge on any atom is 0.303 e. The molecule has 0 amide bonds. The second-order valence-electron chi connectivity index (χ2n) is 8.13. The van der Waals surface area contributed by atoms with Gasteiger partial charge in [0, 0.05) is 31.1 Å². The first-order valence-corrected chi connectivity index (χ1v) is 9.05. The number of aldehydes is 1. The number of aliphatic hydroxyl groups is 1. The van der Waals surface area contributed by atoms with Gasteiger partial charge in [0.1, 0.15) is 23.5 Å². The largest absolute Gasteiger partial charge is 0.458 e. The molecule has 3 saturated carbocycles. The van der Waals surface area contributed by atoms with Crippen LogP contribution in [0.3, 0.4) is 0 Å². The molecule has 6 atom stereocenters. The normalized spacial score (nSPS) is 42.0. The van der Waals surface area contributed by atoms with Crippen LogP contribution in [0.5, 0.6) is 0 Å². The zero-order valence-corrected chi connectivity index (χ0v) is 15.0. The number of carbonyl (C=O) groups excluding carboxylic acids is 5. The van der Waals surface area contributed by atoms with Gasteiger partial charge in [-0.05, 0) is 31.1 Å². The molecule has 0 heterocycles. The third-order valence-electron chi connectivity index (χ3n) is 6.97. The van der Waals surface area contributed by atoms with Crippen molar-refractivity contribution in [2.45, 2.75) is 51.6 Å². The fourth-order valence-corrected chi connectivity index (χ4v) is 5.64. The van der Waals surface area contributed by atoms with E-state index >= 15 is 0 Å².